The summed E-state index contributed by atoms with van der Waals surface area (Å²) in [5.41, 5.74) is 5.94. The van der Waals surface area contributed by atoms with Gasteiger partial charge in [-0.1, -0.05) is 11.6 Å². The van der Waals surface area contributed by atoms with Gasteiger partial charge in [0.15, 0.2) is 6.10 Å². The number of nitrogens with one attached hydrogen (secondary N) is 1. The van der Waals surface area contributed by atoms with Crippen molar-refractivity contribution in [3.05, 3.63) is 27.7 Å². The minimum Gasteiger partial charge on any atom is -0.480 e. The average molecular weight is 362 g/mol. The topological polar surface area (TPSA) is 64.3 Å². The lowest BCUT2D eigenvalue weighted by Gasteiger charge is -2.17. The molecule has 6 heteroatoms. The Labute approximate surface area is 132 Å². The summed E-state index contributed by atoms with van der Waals surface area (Å²) in [7, 11) is 0. The first-order valence-electron chi connectivity index (χ1n) is 6.62. The second-order valence-electron chi connectivity index (χ2n) is 5.08. The molecule has 4 nitrogen and oxygen atoms in total. The van der Waals surface area contributed by atoms with E-state index >= 15 is 0 Å². The number of amides is 1. The van der Waals surface area contributed by atoms with E-state index in [2.05, 4.69) is 21.2 Å². The van der Waals surface area contributed by atoms with E-state index in [0.717, 1.165) is 4.47 Å². The van der Waals surface area contributed by atoms with Crippen molar-refractivity contribution in [2.75, 3.05) is 6.54 Å². The molecule has 0 aliphatic heterocycles. The smallest absolute Gasteiger partial charge is 0.260 e. The molecule has 1 saturated carbocycles. The number of nitrogens with two attached hydrogens (primary N) is 1. The molecular weight excluding hydrogens is 344 g/mol. The first kappa shape index (κ1) is 15.6. The summed E-state index contributed by atoms with van der Waals surface area (Å²) >= 11 is 9.21. The van der Waals surface area contributed by atoms with Crippen LogP contribution in [0, 0.1) is 5.92 Å². The van der Waals surface area contributed by atoms with Gasteiger partial charge in [0.1, 0.15) is 5.75 Å². The first-order valence-corrected chi connectivity index (χ1v) is 7.79. The van der Waals surface area contributed by atoms with E-state index < -0.39 is 6.10 Å². The monoisotopic (exact) mass is 360 g/mol. The third kappa shape index (κ3) is 4.36. The maximum atomic E-state index is 11.9. The van der Waals surface area contributed by atoms with Crippen LogP contribution in [0.2, 0.25) is 5.02 Å². The van der Waals surface area contributed by atoms with Crippen molar-refractivity contribution in [3.8, 4) is 5.75 Å². The van der Waals surface area contributed by atoms with E-state index in [0.29, 0.717) is 23.2 Å². The van der Waals surface area contributed by atoms with Gasteiger partial charge in [0.05, 0.1) is 4.47 Å². The quantitative estimate of drug-likeness (QED) is 0.819. The fraction of sp³-hybridized carbons (Fsp3) is 0.500. The van der Waals surface area contributed by atoms with Crippen LogP contribution in [0.4, 0.5) is 0 Å². The van der Waals surface area contributed by atoms with Crippen LogP contribution < -0.4 is 15.8 Å². The minimum absolute atomic E-state index is 0.0495. The molecule has 1 aromatic rings. The zero-order chi connectivity index (χ0) is 14.7. The molecule has 1 aromatic carbocycles. The van der Waals surface area contributed by atoms with Gasteiger partial charge >= 0.3 is 0 Å². The van der Waals surface area contributed by atoms with Crippen LogP contribution in [-0.2, 0) is 4.79 Å². The third-order valence-electron chi connectivity index (χ3n) is 3.31. The van der Waals surface area contributed by atoms with E-state index in [1.165, 1.54) is 12.8 Å². The van der Waals surface area contributed by atoms with Gasteiger partial charge in [0, 0.05) is 17.6 Å². The molecule has 3 N–H and O–H groups in total. The van der Waals surface area contributed by atoms with Gasteiger partial charge in [-0.3, -0.25) is 4.79 Å². The van der Waals surface area contributed by atoms with Crippen molar-refractivity contribution in [1.29, 1.82) is 0 Å². The highest BCUT2D eigenvalue weighted by molar-refractivity contribution is 9.10. The standard InChI is InChI=1S/C14H18BrClN2O2/c1-8(14(19)18-7-12(17)9-2-3-9)20-13-5-4-10(16)6-11(13)15/h4-6,8-9,12H,2-3,7,17H2,1H3,(H,18,19). The van der Waals surface area contributed by atoms with E-state index in [-0.39, 0.29) is 11.9 Å². The lowest BCUT2D eigenvalue weighted by atomic mass is 10.2. The Morgan fingerprint density at radius 2 is 2.30 bits per heavy atom. The number of carbonyl (C=O) groups excluding carboxylic acids is 1. The Kier molecular flexibility index (Phi) is 5.29. The van der Waals surface area contributed by atoms with Crippen LogP contribution in [0.15, 0.2) is 22.7 Å². The van der Waals surface area contributed by atoms with Gasteiger partial charge in [0.25, 0.3) is 5.91 Å². The Balaban J connectivity index is 1.83. The molecule has 1 aliphatic rings. The summed E-state index contributed by atoms with van der Waals surface area (Å²) in [6, 6.07) is 5.22. The van der Waals surface area contributed by atoms with Crippen molar-refractivity contribution < 1.29 is 9.53 Å². The van der Waals surface area contributed by atoms with Crippen molar-refractivity contribution in [3.63, 3.8) is 0 Å². The van der Waals surface area contributed by atoms with Crippen molar-refractivity contribution in [2.24, 2.45) is 11.7 Å². The van der Waals surface area contributed by atoms with Gasteiger partial charge < -0.3 is 15.8 Å². The molecule has 2 rings (SSSR count). The highest BCUT2D eigenvalue weighted by Gasteiger charge is 2.29. The highest BCUT2D eigenvalue weighted by atomic mass is 79.9. The lowest BCUT2D eigenvalue weighted by Crippen LogP contribution is -2.43. The Morgan fingerprint density at radius 1 is 1.60 bits per heavy atom. The maximum absolute atomic E-state index is 11.9. The van der Waals surface area contributed by atoms with Crippen LogP contribution in [0.25, 0.3) is 0 Å². The van der Waals surface area contributed by atoms with Crippen molar-refractivity contribution in [2.45, 2.75) is 31.9 Å². The lowest BCUT2D eigenvalue weighted by molar-refractivity contribution is -0.127. The highest BCUT2D eigenvalue weighted by Crippen LogP contribution is 2.31. The fourth-order valence-corrected chi connectivity index (χ4v) is 2.64. The van der Waals surface area contributed by atoms with Crippen molar-refractivity contribution in [1.82, 2.24) is 5.32 Å². The summed E-state index contributed by atoms with van der Waals surface area (Å²) in [5.74, 6) is 0.989. The number of ether oxygens (including phenoxy) is 1. The number of carbonyl (C=O) groups is 1. The van der Waals surface area contributed by atoms with Crippen LogP contribution >= 0.6 is 27.5 Å². The summed E-state index contributed by atoms with van der Waals surface area (Å²) in [6.07, 6.45) is 1.75. The predicted molar refractivity (Wildman–Crippen MR) is 83.0 cm³/mol. The fourth-order valence-electron chi connectivity index (χ4n) is 1.87. The van der Waals surface area contributed by atoms with Crippen molar-refractivity contribution >= 4 is 33.4 Å². The summed E-state index contributed by atoms with van der Waals surface area (Å²) in [5, 5.41) is 3.43. The van der Waals surface area contributed by atoms with E-state index in [1.54, 1.807) is 25.1 Å². The SMILES string of the molecule is CC(Oc1ccc(Cl)cc1Br)C(=O)NCC(N)C1CC1. The third-order valence-corrected chi connectivity index (χ3v) is 4.16. The molecule has 1 amide bonds. The number of hydrogen-bond acceptors (Lipinski definition) is 3. The molecule has 1 aliphatic carbocycles. The molecule has 0 aromatic heterocycles. The molecule has 1 fully saturated rings. The van der Waals surface area contributed by atoms with E-state index in [1.807, 2.05) is 0 Å². The molecule has 110 valence electrons. The van der Waals surface area contributed by atoms with Gasteiger partial charge in [-0.25, -0.2) is 0 Å². The zero-order valence-corrected chi connectivity index (χ0v) is 13.6. The number of hydrogen-bond donors (Lipinski definition) is 2. The predicted octanol–water partition coefficient (Wildman–Crippen LogP) is 2.72. The summed E-state index contributed by atoms with van der Waals surface area (Å²) in [6.45, 7) is 2.21. The van der Waals surface area contributed by atoms with Gasteiger partial charge in [-0.15, -0.1) is 0 Å². The van der Waals surface area contributed by atoms with Gasteiger partial charge in [-0.05, 0) is 59.8 Å². The van der Waals surface area contributed by atoms with E-state index in [4.69, 9.17) is 22.1 Å². The Morgan fingerprint density at radius 3 is 2.90 bits per heavy atom. The molecule has 0 spiro atoms. The largest absolute Gasteiger partial charge is 0.480 e. The summed E-state index contributed by atoms with van der Waals surface area (Å²) in [4.78, 5) is 11.9. The number of halogens is 2. The van der Waals surface area contributed by atoms with Crippen LogP contribution in [0.5, 0.6) is 5.75 Å². The second-order valence-corrected chi connectivity index (χ2v) is 6.37. The van der Waals surface area contributed by atoms with Crippen LogP contribution in [0.3, 0.4) is 0 Å². The second kappa shape index (κ2) is 6.78. The molecule has 0 saturated heterocycles. The molecule has 2 atom stereocenters. The number of benzene rings is 1. The zero-order valence-electron chi connectivity index (χ0n) is 11.2. The number of rotatable bonds is 6. The first-order chi connectivity index (χ1) is 9.47. The minimum atomic E-state index is -0.584. The Hall–Kier alpha value is -0.780. The summed E-state index contributed by atoms with van der Waals surface area (Å²) < 4.78 is 6.33. The average Bonchev–Trinajstić information content (AvgIpc) is 3.23. The molecule has 0 heterocycles. The molecule has 20 heavy (non-hydrogen) atoms. The molecule has 0 bridgehead atoms. The molecule has 0 radical (unpaired) electrons. The van der Waals surface area contributed by atoms with Crippen LogP contribution in [-0.4, -0.2) is 24.6 Å². The maximum Gasteiger partial charge on any atom is 0.260 e. The van der Waals surface area contributed by atoms with Gasteiger partial charge in [0.2, 0.25) is 0 Å². The van der Waals surface area contributed by atoms with Gasteiger partial charge in [-0.2, -0.15) is 0 Å². The van der Waals surface area contributed by atoms with E-state index in [9.17, 15) is 4.79 Å². The molecule has 2 unspecified atom stereocenters. The van der Waals surface area contributed by atoms with Crippen LogP contribution in [0.1, 0.15) is 19.8 Å². The molecular formula is C14H18BrClN2O2. The normalized spacial score (nSPS) is 17.4. The Bertz CT molecular complexity index is 494.